The van der Waals surface area contributed by atoms with E-state index >= 15 is 0 Å². The highest BCUT2D eigenvalue weighted by atomic mass is 19.4. The standard InChI is InChI=1S/C10H11F4N/c1-2-15(10(12,13)14)7-8-3-5-9(11)6-4-8/h3-6H,2,7H2,1H3. The van der Waals surface area contributed by atoms with E-state index in [1.165, 1.54) is 19.1 Å². The van der Waals surface area contributed by atoms with Crippen LogP contribution in [0.3, 0.4) is 0 Å². The summed E-state index contributed by atoms with van der Waals surface area (Å²) in [6.45, 7) is 1.05. The van der Waals surface area contributed by atoms with Gasteiger partial charge in [-0.25, -0.2) is 9.29 Å². The van der Waals surface area contributed by atoms with Crippen molar-refractivity contribution in [3.8, 4) is 0 Å². The predicted molar refractivity (Wildman–Crippen MR) is 48.5 cm³/mol. The molecule has 0 aliphatic heterocycles. The van der Waals surface area contributed by atoms with E-state index in [1.54, 1.807) is 0 Å². The summed E-state index contributed by atoms with van der Waals surface area (Å²) < 4.78 is 49.5. The first-order chi connectivity index (χ1) is 6.93. The molecule has 0 aliphatic carbocycles. The average molecular weight is 221 g/mol. The Hall–Kier alpha value is -1.10. The fourth-order valence-electron chi connectivity index (χ4n) is 1.19. The summed E-state index contributed by atoms with van der Waals surface area (Å²) in [5.41, 5.74) is 0.440. The summed E-state index contributed by atoms with van der Waals surface area (Å²) >= 11 is 0. The first kappa shape index (κ1) is 12.0. The van der Waals surface area contributed by atoms with Gasteiger partial charge in [0.15, 0.2) is 0 Å². The molecule has 0 radical (unpaired) electrons. The van der Waals surface area contributed by atoms with E-state index in [0.717, 1.165) is 12.1 Å². The molecule has 0 bridgehead atoms. The molecule has 0 saturated heterocycles. The molecule has 0 amide bonds. The SMILES string of the molecule is CCN(Cc1ccc(F)cc1)C(F)(F)F. The summed E-state index contributed by atoms with van der Waals surface area (Å²) in [5, 5.41) is 0. The summed E-state index contributed by atoms with van der Waals surface area (Å²) in [4.78, 5) is 0.361. The lowest BCUT2D eigenvalue weighted by Gasteiger charge is -2.23. The summed E-state index contributed by atoms with van der Waals surface area (Å²) in [7, 11) is 0. The lowest BCUT2D eigenvalue weighted by molar-refractivity contribution is -0.247. The predicted octanol–water partition coefficient (Wildman–Crippen LogP) is 3.17. The quantitative estimate of drug-likeness (QED) is 0.559. The third kappa shape index (κ3) is 3.51. The zero-order valence-electron chi connectivity index (χ0n) is 8.18. The van der Waals surface area contributed by atoms with Crippen molar-refractivity contribution in [2.24, 2.45) is 0 Å². The molecule has 0 heterocycles. The van der Waals surface area contributed by atoms with Gasteiger partial charge in [-0.05, 0) is 17.7 Å². The van der Waals surface area contributed by atoms with Gasteiger partial charge in [0.2, 0.25) is 0 Å². The number of hydrogen-bond acceptors (Lipinski definition) is 1. The van der Waals surface area contributed by atoms with Crippen LogP contribution in [0.4, 0.5) is 17.6 Å². The minimum absolute atomic E-state index is 0.124. The van der Waals surface area contributed by atoms with Crippen LogP contribution >= 0.6 is 0 Å². The van der Waals surface area contributed by atoms with Crippen LogP contribution in [0.1, 0.15) is 12.5 Å². The summed E-state index contributed by atoms with van der Waals surface area (Å²) in [6, 6.07) is 5.01. The van der Waals surface area contributed by atoms with Gasteiger partial charge in [-0.3, -0.25) is 0 Å². The van der Waals surface area contributed by atoms with Crippen molar-refractivity contribution in [3.63, 3.8) is 0 Å². The average Bonchev–Trinajstić information content (AvgIpc) is 2.15. The summed E-state index contributed by atoms with van der Waals surface area (Å²) in [6.07, 6.45) is -4.34. The molecule has 0 unspecified atom stereocenters. The first-order valence-electron chi connectivity index (χ1n) is 4.49. The molecule has 15 heavy (non-hydrogen) atoms. The molecule has 0 aliphatic rings. The van der Waals surface area contributed by atoms with E-state index < -0.39 is 12.1 Å². The van der Waals surface area contributed by atoms with E-state index in [2.05, 4.69) is 0 Å². The molecular formula is C10H11F4N. The van der Waals surface area contributed by atoms with Gasteiger partial charge in [0, 0.05) is 13.1 Å². The lowest BCUT2D eigenvalue weighted by atomic mass is 10.2. The summed E-state index contributed by atoms with van der Waals surface area (Å²) in [5.74, 6) is -0.450. The van der Waals surface area contributed by atoms with Crippen molar-refractivity contribution in [1.82, 2.24) is 4.90 Å². The first-order valence-corrected chi connectivity index (χ1v) is 4.49. The molecule has 1 aromatic rings. The number of benzene rings is 1. The van der Waals surface area contributed by atoms with Crippen LogP contribution in [0.2, 0.25) is 0 Å². The minimum Gasteiger partial charge on any atom is -0.210 e. The Kier molecular flexibility index (Phi) is 3.68. The van der Waals surface area contributed by atoms with Gasteiger partial charge in [-0.1, -0.05) is 19.1 Å². The zero-order chi connectivity index (χ0) is 11.5. The maximum atomic E-state index is 12.5. The van der Waals surface area contributed by atoms with Crippen molar-refractivity contribution in [2.75, 3.05) is 6.54 Å². The second-order valence-electron chi connectivity index (χ2n) is 3.11. The van der Waals surface area contributed by atoms with Gasteiger partial charge in [0.1, 0.15) is 5.82 Å². The maximum absolute atomic E-state index is 12.5. The van der Waals surface area contributed by atoms with Crippen LogP contribution in [0.25, 0.3) is 0 Å². The van der Waals surface area contributed by atoms with E-state index in [4.69, 9.17) is 0 Å². The fourth-order valence-corrected chi connectivity index (χ4v) is 1.19. The molecule has 1 aromatic carbocycles. The Labute approximate surface area is 85.3 Å². The molecular weight excluding hydrogens is 210 g/mol. The topological polar surface area (TPSA) is 3.24 Å². The molecule has 0 saturated carbocycles. The van der Waals surface area contributed by atoms with Crippen LogP contribution in [0.5, 0.6) is 0 Å². The molecule has 84 valence electrons. The van der Waals surface area contributed by atoms with E-state index in [-0.39, 0.29) is 13.1 Å². The lowest BCUT2D eigenvalue weighted by Crippen LogP contribution is -2.37. The molecule has 1 rings (SSSR count). The molecule has 0 atom stereocenters. The Balaban J connectivity index is 2.71. The zero-order valence-corrected chi connectivity index (χ0v) is 8.18. The highest BCUT2D eigenvalue weighted by Gasteiger charge is 2.35. The number of rotatable bonds is 3. The number of nitrogens with zero attached hydrogens (tertiary/aromatic N) is 1. The van der Waals surface area contributed by atoms with Crippen LogP contribution in [0.15, 0.2) is 24.3 Å². The fraction of sp³-hybridized carbons (Fsp3) is 0.400. The van der Waals surface area contributed by atoms with E-state index in [1.807, 2.05) is 0 Å². The molecule has 0 aromatic heterocycles. The number of hydrogen-bond donors (Lipinski definition) is 0. The molecule has 0 N–H and O–H groups in total. The van der Waals surface area contributed by atoms with Crippen LogP contribution < -0.4 is 0 Å². The minimum atomic E-state index is -4.34. The van der Waals surface area contributed by atoms with Crippen LogP contribution in [-0.4, -0.2) is 17.7 Å². The number of halogens is 4. The van der Waals surface area contributed by atoms with Gasteiger partial charge in [0.25, 0.3) is 0 Å². The highest BCUT2D eigenvalue weighted by Crippen LogP contribution is 2.23. The third-order valence-electron chi connectivity index (χ3n) is 2.03. The Morgan fingerprint density at radius 1 is 1.13 bits per heavy atom. The van der Waals surface area contributed by atoms with Gasteiger partial charge in [0.05, 0.1) is 0 Å². The Morgan fingerprint density at radius 3 is 2.07 bits per heavy atom. The molecule has 0 spiro atoms. The van der Waals surface area contributed by atoms with Gasteiger partial charge >= 0.3 is 6.30 Å². The Morgan fingerprint density at radius 2 is 1.67 bits per heavy atom. The van der Waals surface area contributed by atoms with E-state index in [0.29, 0.717) is 10.5 Å². The largest absolute Gasteiger partial charge is 0.460 e. The Bertz CT molecular complexity index is 304. The second kappa shape index (κ2) is 4.61. The third-order valence-corrected chi connectivity index (χ3v) is 2.03. The normalized spacial score (nSPS) is 12.1. The van der Waals surface area contributed by atoms with Gasteiger partial charge in [-0.15, -0.1) is 0 Å². The van der Waals surface area contributed by atoms with Crippen molar-refractivity contribution in [3.05, 3.63) is 35.6 Å². The van der Waals surface area contributed by atoms with Crippen LogP contribution in [0, 0.1) is 5.82 Å². The second-order valence-corrected chi connectivity index (χ2v) is 3.11. The van der Waals surface area contributed by atoms with Crippen molar-refractivity contribution in [2.45, 2.75) is 19.8 Å². The molecule has 5 heteroatoms. The van der Waals surface area contributed by atoms with Crippen molar-refractivity contribution < 1.29 is 17.6 Å². The molecule has 0 fully saturated rings. The maximum Gasteiger partial charge on any atom is 0.460 e. The number of alkyl halides is 3. The highest BCUT2D eigenvalue weighted by molar-refractivity contribution is 5.15. The molecule has 1 nitrogen and oxygen atoms in total. The monoisotopic (exact) mass is 221 g/mol. The van der Waals surface area contributed by atoms with Crippen molar-refractivity contribution >= 4 is 0 Å². The van der Waals surface area contributed by atoms with E-state index in [9.17, 15) is 17.6 Å². The van der Waals surface area contributed by atoms with Gasteiger partial charge in [-0.2, -0.15) is 13.2 Å². The smallest absolute Gasteiger partial charge is 0.210 e. The van der Waals surface area contributed by atoms with Crippen molar-refractivity contribution in [1.29, 1.82) is 0 Å². The van der Waals surface area contributed by atoms with Gasteiger partial charge < -0.3 is 0 Å². The van der Waals surface area contributed by atoms with Crippen LogP contribution in [-0.2, 0) is 6.54 Å².